The lowest BCUT2D eigenvalue weighted by Gasteiger charge is -2.16. The number of hydrogen-bond acceptors (Lipinski definition) is 3. The van der Waals surface area contributed by atoms with Gasteiger partial charge in [-0.05, 0) is 18.8 Å². The fourth-order valence-electron chi connectivity index (χ4n) is 1.34. The number of hydrogen-bond donors (Lipinski definition) is 3. The summed E-state index contributed by atoms with van der Waals surface area (Å²) < 4.78 is 0. The van der Waals surface area contributed by atoms with Gasteiger partial charge in [0.05, 0.1) is 0 Å². The largest absolute Gasteiger partial charge is 0.258 e. The summed E-state index contributed by atoms with van der Waals surface area (Å²) in [6.45, 7) is 8.21. The summed E-state index contributed by atoms with van der Waals surface area (Å²) in [6, 6.07) is 0.418. The van der Waals surface area contributed by atoms with Crippen LogP contribution < -0.4 is 16.8 Å². The zero-order valence-corrected chi connectivity index (χ0v) is 8.84. The van der Waals surface area contributed by atoms with Gasteiger partial charge in [0.25, 0.3) is 0 Å². The molecule has 3 nitrogen and oxygen atoms in total. The summed E-state index contributed by atoms with van der Waals surface area (Å²) in [5.74, 6) is 5.98. The standard InChI is InChI=1S/C10H23N3/c1-4-6-10(12-13-11)8-5-7-9(2)3/h4,9-10,12-13H,1,5-8,11H2,2-3H3. The van der Waals surface area contributed by atoms with E-state index in [1.165, 1.54) is 12.8 Å². The van der Waals surface area contributed by atoms with Gasteiger partial charge in [-0.1, -0.05) is 32.8 Å². The van der Waals surface area contributed by atoms with Crippen molar-refractivity contribution in [1.82, 2.24) is 11.0 Å². The molecule has 0 amide bonds. The van der Waals surface area contributed by atoms with Gasteiger partial charge in [0.1, 0.15) is 0 Å². The zero-order valence-electron chi connectivity index (χ0n) is 8.84. The summed E-state index contributed by atoms with van der Waals surface area (Å²) in [6.07, 6.45) is 6.55. The van der Waals surface area contributed by atoms with Crippen LogP contribution >= 0.6 is 0 Å². The highest BCUT2D eigenvalue weighted by Crippen LogP contribution is 2.09. The van der Waals surface area contributed by atoms with Gasteiger partial charge in [-0.15, -0.1) is 6.58 Å². The van der Waals surface area contributed by atoms with Gasteiger partial charge < -0.3 is 0 Å². The molecule has 1 atom stereocenters. The van der Waals surface area contributed by atoms with E-state index in [4.69, 9.17) is 5.84 Å². The maximum absolute atomic E-state index is 5.20. The number of nitrogens with one attached hydrogen (secondary N) is 2. The Hall–Kier alpha value is -0.380. The van der Waals surface area contributed by atoms with Crippen molar-refractivity contribution in [3.05, 3.63) is 12.7 Å². The third-order valence-electron chi connectivity index (χ3n) is 2.07. The SMILES string of the molecule is C=CCC(CCCC(C)C)NNN. The van der Waals surface area contributed by atoms with Crippen molar-refractivity contribution in [2.75, 3.05) is 0 Å². The Morgan fingerprint density at radius 3 is 2.54 bits per heavy atom. The van der Waals surface area contributed by atoms with Crippen LogP contribution in [0.15, 0.2) is 12.7 Å². The second kappa shape index (κ2) is 8.23. The Morgan fingerprint density at radius 2 is 2.08 bits per heavy atom. The summed E-state index contributed by atoms with van der Waals surface area (Å²) in [5.41, 5.74) is 5.51. The van der Waals surface area contributed by atoms with E-state index in [9.17, 15) is 0 Å². The maximum Gasteiger partial charge on any atom is 0.0260 e. The molecule has 0 aliphatic heterocycles. The van der Waals surface area contributed by atoms with Crippen LogP contribution in [0.1, 0.15) is 39.5 Å². The molecule has 0 aromatic carbocycles. The van der Waals surface area contributed by atoms with Crippen molar-refractivity contribution in [2.45, 2.75) is 45.6 Å². The summed E-state index contributed by atoms with van der Waals surface area (Å²) in [5, 5.41) is 0. The molecule has 0 spiro atoms. The molecule has 4 N–H and O–H groups in total. The van der Waals surface area contributed by atoms with Gasteiger partial charge in [0.15, 0.2) is 0 Å². The smallest absolute Gasteiger partial charge is 0.0260 e. The fourth-order valence-corrected chi connectivity index (χ4v) is 1.34. The molecule has 0 bridgehead atoms. The molecule has 0 fully saturated rings. The summed E-state index contributed by atoms with van der Waals surface area (Å²) in [7, 11) is 0. The third kappa shape index (κ3) is 7.96. The molecule has 0 aromatic heterocycles. The van der Waals surface area contributed by atoms with E-state index >= 15 is 0 Å². The van der Waals surface area contributed by atoms with Gasteiger partial charge >= 0.3 is 0 Å². The van der Waals surface area contributed by atoms with Crippen molar-refractivity contribution in [3.8, 4) is 0 Å². The first-order chi connectivity index (χ1) is 6.20. The Bertz CT molecular complexity index is 123. The van der Waals surface area contributed by atoms with Crippen molar-refractivity contribution in [2.24, 2.45) is 11.8 Å². The van der Waals surface area contributed by atoms with E-state index in [1.54, 1.807) is 0 Å². The monoisotopic (exact) mass is 185 g/mol. The first-order valence-electron chi connectivity index (χ1n) is 5.02. The summed E-state index contributed by atoms with van der Waals surface area (Å²) in [4.78, 5) is 0. The molecule has 0 saturated carbocycles. The van der Waals surface area contributed by atoms with Crippen molar-refractivity contribution in [3.63, 3.8) is 0 Å². The molecular weight excluding hydrogens is 162 g/mol. The molecule has 0 radical (unpaired) electrons. The first-order valence-corrected chi connectivity index (χ1v) is 5.02. The van der Waals surface area contributed by atoms with E-state index in [0.29, 0.717) is 6.04 Å². The van der Waals surface area contributed by atoms with Crippen LogP contribution in [0.3, 0.4) is 0 Å². The van der Waals surface area contributed by atoms with E-state index in [1.807, 2.05) is 6.08 Å². The third-order valence-corrected chi connectivity index (χ3v) is 2.07. The molecule has 1 unspecified atom stereocenters. The van der Waals surface area contributed by atoms with Crippen LogP contribution in [0.4, 0.5) is 0 Å². The Balaban J connectivity index is 3.49. The van der Waals surface area contributed by atoms with Gasteiger partial charge in [-0.2, -0.15) is 5.53 Å². The maximum atomic E-state index is 5.20. The predicted octanol–water partition coefficient (Wildman–Crippen LogP) is 1.73. The van der Waals surface area contributed by atoms with Crippen molar-refractivity contribution < 1.29 is 0 Å². The first kappa shape index (κ1) is 12.6. The molecule has 0 aromatic rings. The molecule has 0 aliphatic carbocycles. The van der Waals surface area contributed by atoms with E-state index in [2.05, 4.69) is 31.4 Å². The van der Waals surface area contributed by atoms with Gasteiger partial charge in [-0.25, -0.2) is 5.43 Å². The summed E-state index contributed by atoms with van der Waals surface area (Å²) >= 11 is 0. The Kier molecular flexibility index (Phi) is 7.99. The van der Waals surface area contributed by atoms with Crippen LogP contribution in [0.25, 0.3) is 0 Å². The Labute approximate surface area is 81.7 Å². The second-order valence-electron chi connectivity index (χ2n) is 3.83. The minimum Gasteiger partial charge on any atom is -0.258 e. The molecule has 0 aliphatic rings. The molecular formula is C10H23N3. The van der Waals surface area contributed by atoms with E-state index in [0.717, 1.165) is 18.8 Å². The quantitative estimate of drug-likeness (QED) is 0.306. The van der Waals surface area contributed by atoms with E-state index in [-0.39, 0.29) is 0 Å². The lowest BCUT2D eigenvalue weighted by atomic mass is 10.0. The number of rotatable bonds is 8. The minimum absolute atomic E-state index is 0.418. The zero-order chi connectivity index (χ0) is 10.1. The lowest BCUT2D eigenvalue weighted by Crippen LogP contribution is -2.44. The van der Waals surface area contributed by atoms with Crippen LogP contribution in [0.5, 0.6) is 0 Å². The molecule has 3 heteroatoms. The molecule has 13 heavy (non-hydrogen) atoms. The van der Waals surface area contributed by atoms with Crippen LogP contribution in [-0.2, 0) is 0 Å². The average molecular weight is 185 g/mol. The van der Waals surface area contributed by atoms with Gasteiger partial charge in [0.2, 0.25) is 0 Å². The highest BCUT2D eigenvalue weighted by atomic mass is 15.5. The van der Waals surface area contributed by atoms with Crippen LogP contribution in [0.2, 0.25) is 0 Å². The second-order valence-corrected chi connectivity index (χ2v) is 3.83. The topological polar surface area (TPSA) is 50.1 Å². The van der Waals surface area contributed by atoms with Gasteiger partial charge in [0, 0.05) is 6.04 Å². The normalized spacial score (nSPS) is 13.2. The molecule has 78 valence electrons. The highest BCUT2D eigenvalue weighted by Gasteiger charge is 2.05. The minimum atomic E-state index is 0.418. The van der Waals surface area contributed by atoms with Crippen molar-refractivity contribution in [1.29, 1.82) is 0 Å². The predicted molar refractivity (Wildman–Crippen MR) is 57.7 cm³/mol. The Morgan fingerprint density at radius 1 is 1.38 bits per heavy atom. The number of nitrogens with two attached hydrogens (primary N) is 1. The lowest BCUT2D eigenvalue weighted by molar-refractivity contribution is 0.393. The highest BCUT2D eigenvalue weighted by molar-refractivity contribution is 4.76. The molecule has 0 heterocycles. The van der Waals surface area contributed by atoms with Gasteiger partial charge in [-0.3, -0.25) is 5.84 Å². The van der Waals surface area contributed by atoms with E-state index < -0.39 is 0 Å². The number of hydrazine groups is 2. The fraction of sp³-hybridized carbons (Fsp3) is 0.800. The van der Waals surface area contributed by atoms with Crippen LogP contribution in [-0.4, -0.2) is 6.04 Å². The van der Waals surface area contributed by atoms with Crippen LogP contribution in [0, 0.1) is 5.92 Å². The molecule has 0 saturated heterocycles. The molecule has 0 rings (SSSR count). The average Bonchev–Trinajstić information content (AvgIpc) is 2.04. The van der Waals surface area contributed by atoms with Crippen molar-refractivity contribution >= 4 is 0 Å².